The molecule has 2 rings (SSSR count). The van der Waals surface area contributed by atoms with Crippen LogP contribution in [0.25, 0.3) is 0 Å². The molecule has 1 fully saturated rings. The maximum atomic E-state index is 6.11. The van der Waals surface area contributed by atoms with Crippen LogP contribution in [0, 0.1) is 5.92 Å². The molecule has 2 unspecified atom stereocenters. The second-order valence-electron chi connectivity index (χ2n) is 4.13. The Hall–Kier alpha value is -0.0500. The molecule has 2 atom stereocenters. The van der Waals surface area contributed by atoms with Gasteiger partial charge in [0.05, 0.1) is 0 Å². The molecule has 0 heterocycles. The molecule has 0 saturated heterocycles. The van der Waals surface area contributed by atoms with Gasteiger partial charge in [0.15, 0.2) is 0 Å². The van der Waals surface area contributed by atoms with E-state index in [-0.39, 0.29) is 0 Å². The second kappa shape index (κ2) is 4.86. The third-order valence-electron chi connectivity index (χ3n) is 3.01. The number of halogens is 2. The van der Waals surface area contributed by atoms with Gasteiger partial charge in [-0.1, -0.05) is 40.9 Å². The Morgan fingerprint density at radius 3 is 3.00 bits per heavy atom. The van der Waals surface area contributed by atoms with Gasteiger partial charge >= 0.3 is 0 Å². The lowest BCUT2D eigenvalue weighted by Crippen LogP contribution is -2.17. The lowest BCUT2D eigenvalue weighted by molar-refractivity contribution is 0.623. The third kappa shape index (κ3) is 2.96. The molecular formula is C12H15BrClN. The highest BCUT2D eigenvalue weighted by Crippen LogP contribution is 2.33. The molecule has 0 bridgehead atoms. The van der Waals surface area contributed by atoms with Crippen LogP contribution in [-0.4, -0.2) is 6.04 Å². The number of rotatable bonds is 4. The molecule has 0 aromatic heterocycles. The van der Waals surface area contributed by atoms with Crippen molar-refractivity contribution in [1.82, 2.24) is 5.32 Å². The lowest BCUT2D eigenvalue weighted by atomic mass is 10.2. The number of nitrogens with one attached hydrogen (secondary N) is 1. The molecule has 1 saturated carbocycles. The molecule has 15 heavy (non-hydrogen) atoms. The van der Waals surface area contributed by atoms with E-state index < -0.39 is 0 Å². The first-order valence-electron chi connectivity index (χ1n) is 5.38. The summed E-state index contributed by atoms with van der Waals surface area (Å²) in [4.78, 5) is 0. The quantitative estimate of drug-likeness (QED) is 0.883. The predicted molar refractivity (Wildman–Crippen MR) is 68.2 cm³/mol. The van der Waals surface area contributed by atoms with Crippen LogP contribution >= 0.6 is 27.5 Å². The Bertz CT molecular complexity index is 353. The Labute approximate surface area is 104 Å². The van der Waals surface area contributed by atoms with Crippen molar-refractivity contribution in [2.45, 2.75) is 32.4 Å². The average molecular weight is 289 g/mol. The Kier molecular flexibility index (Phi) is 3.70. The smallest absolute Gasteiger partial charge is 0.0451 e. The minimum absolute atomic E-state index is 0.713. The van der Waals surface area contributed by atoms with Gasteiger partial charge in [-0.3, -0.25) is 0 Å². The standard InChI is InChI=1S/C12H15BrClN/c1-2-8-6-12(8)15-7-9-5-10(13)3-4-11(9)14/h3-5,8,12,15H,2,6-7H2,1H3. The van der Waals surface area contributed by atoms with Crippen LogP contribution in [0.3, 0.4) is 0 Å². The summed E-state index contributed by atoms with van der Waals surface area (Å²) in [6.07, 6.45) is 2.60. The van der Waals surface area contributed by atoms with Gasteiger partial charge in [-0.05, 0) is 36.1 Å². The van der Waals surface area contributed by atoms with Crippen LogP contribution in [0.4, 0.5) is 0 Å². The maximum absolute atomic E-state index is 6.11. The summed E-state index contributed by atoms with van der Waals surface area (Å²) in [6, 6.07) is 6.70. The first-order chi connectivity index (χ1) is 7.20. The Balaban J connectivity index is 1.91. The largest absolute Gasteiger partial charge is 0.310 e. The Morgan fingerprint density at radius 1 is 1.53 bits per heavy atom. The average Bonchev–Trinajstić information content (AvgIpc) is 2.98. The van der Waals surface area contributed by atoms with E-state index in [1.807, 2.05) is 12.1 Å². The van der Waals surface area contributed by atoms with E-state index in [2.05, 4.69) is 34.2 Å². The van der Waals surface area contributed by atoms with Crippen LogP contribution in [0.15, 0.2) is 22.7 Å². The maximum Gasteiger partial charge on any atom is 0.0451 e. The zero-order valence-electron chi connectivity index (χ0n) is 8.76. The van der Waals surface area contributed by atoms with E-state index in [9.17, 15) is 0 Å². The third-order valence-corrected chi connectivity index (χ3v) is 3.87. The molecule has 0 spiro atoms. The summed E-state index contributed by atoms with van der Waals surface area (Å²) in [5, 5.41) is 4.38. The van der Waals surface area contributed by atoms with Crippen molar-refractivity contribution in [3.8, 4) is 0 Å². The van der Waals surface area contributed by atoms with Crippen molar-refractivity contribution in [2.75, 3.05) is 0 Å². The predicted octanol–water partition coefficient (Wildman–Crippen LogP) is 3.99. The van der Waals surface area contributed by atoms with Gasteiger partial charge in [0.25, 0.3) is 0 Å². The van der Waals surface area contributed by atoms with E-state index in [0.717, 1.165) is 22.0 Å². The molecule has 82 valence electrons. The van der Waals surface area contributed by atoms with Crippen LogP contribution in [0.5, 0.6) is 0 Å². The molecule has 1 aromatic rings. The number of hydrogen-bond donors (Lipinski definition) is 1. The van der Waals surface area contributed by atoms with E-state index in [4.69, 9.17) is 11.6 Å². The first-order valence-corrected chi connectivity index (χ1v) is 6.55. The van der Waals surface area contributed by atoms with Crippen molar-refractivity contribution >= 4 is 27.5 Å². The van der Waals surface area contributed by atoms with Crippen molar-refractivity contribution in [1.29, 1.82) is 0 Å². The molecule has 3 heteroatoms. The van der Waals surface area contributed by atoms with Gasteiger partial charge in [0, 0.05) is 22.1 Å². The normalized spacial score (nSPS) is 24.2. The van der Waals surface area contributed by atoms with E-state index in [1.54, 1.807) is 0 Å². The fourth-order valence-electron chi connectivity index (χ4n) is 1.87. The second-order valence-corrected chi connectivity index (χ2v) is 5.45. The molecule has 0 amide bonds. The highest BCUT2D eigenvalue weighted by atomic mass is 79.9. The van der Waals surface area contributed by atoms with Crippen LogP contribution < -0.4 is 5.32 Å². The summed E-state index contributed by atoms with van der Waals surface area (Å²) in [5.41, 5.74) is 1.17. The van der Waals surface area contributed by atoms with Crippen molar-refractivity contribution in [3.05, 3.63) is 33.3 Å². The van der Waals surface area contributed by atoms with Gasteiger partial charge in [-0.15, -0.1) is 0 Å². The molecule has 1 aliphatic carbocycles. The fraction of sp³-hybridized carbons (Fsp3) is 0.500. The van der Waals surface area contributed by atoms with Gasteiger partial charge in [0.2, 0.25) is 0 Å². The summed E-state index contributed by atoms with van der Waals surface area (Å²) in [7, 11) is 0. The monoisotopic (exact) mass is 287 g/mol. The molecule has 1 N–H and O–H groups in total. The number of benzene rings is 1. The fourth-order valence-corrected chi connectivity index (χ4v) is 2.46. The van der Waals surface area contributed by atoms with Crippen molar-refractivity contribution in [2.24, 2.45) is 5.92 Å². The van der Waals surface area contributed by atoms with Crippen LogP contribution in [-0.2, 0) is 6.54 Å². The van der Waals surface area contributed by atoms with Gasteiger partial charge in [-0.2, -0.15) is 0 Å². The summed E-state index contributed by atoms with van der Waals surface area (Å²) >= 11 is 9.57. The minimum Gasteiger partial charge on any atom is -0.310 e. The van der Waals surface area contributed by atoms with Crippen molar-refractivity contribution < 1.29 is 0 Å². The topological polar surface area (TPSA) is 12.0 Å². The molecule has 0 radical (unpaired) electrons. The summed E-state index contributed by atoms with van der Waals surface area (Å²) < 4.78 is 1.09. The molecule has 0 aliphatic heterocycles. The van der Waals surface area contributed by atoms with Crippen molar-refractivity contribution in [3.63, 3.8) is 0 Å². The van der Waals surface area contributed by atoms with E-state index in [0.29, 0.717) is 6.04 Å². The summed E-state index contributed by atoms with van der Waals surface area (Å²) in [6.45, 7) is 3.12. The first kappa shape index (κ1) is 11.4. The van der Waals surface area contributed by atoms with Crippen LogP contribution in [0.2, 0.25) is 5.02 Å². The van der Waals surface area contributed by atoms with Gasteiger partial charge in [-0.25, -0.2) is 0 Å². The van der Waals surface area contributed by atoms with Crippen LogP contribution in [0.1, 0.15) is 25.3 Å². The Morgan fingerprint density at radius 2 is 2.33 bits per heavy atom. The summed E-state index contributed by atoms with van der Waals surface area (Å²) in [5.74, 6) is 0.885. The molecular weight excluding hydrogens is 273 g/mol. The van der Waals surface area contributed by atoms with Gasteiger partial charge in [0.1, 0.15) is 0 Å². The number of hydrogen-bond acceptors (Lipinski definition) is 1. The minimum atomic E-state index is 0.713. The van der Waals surface area contributed by atoms with E-state index >= 15 is 0 Å². The molecule has 1 aromatic carbocycles. The van der Waals surface area contributed by atoms with E-state index in [1.165, 1.54) is 18.4 Å². The molecule has 1 aliphatic rings. The highest BCUT2D eigenvalue weighted by molar-refractivity contribution is 9.10. The molecule has 1 nitrogen and oxygen atoms in total. The zero-order valence-corrected chi connectivity index (χ0v) is 11.1. The zero-order chi connectivity index (χ0) is 10.8. The van der Waals surface area contributed by atoms with Gasteiger partial charge < -0.3 is 5.32 Å². The SMILES string of the molecule is CCC1CC1NCc1cc(Br)ccc1Cl. The lowest BCUT2D eigenvalue weighted by Gasteiger charge is -2.06. The highest BCUT2D eigenvalue weighted by Gasteiger charge is 2.34.